The maximum Gasteiger partial charge on any atom is 0.0622 e. The molecule has 1 aromatic rings. The minimum Gasteiger partial charge on any atom is -0.380 e. The minimum absolute atomic E-state index is 0.418. The van der Waals surface area contributed by atoms with E-state index in [4.69, 9.17) is 4.74 Å². The topological polar surface area (TPSA) is 21.3 Å². The Morgan fingerprint density at radius 2 is 1.79 bits per heavy atom. The molecule has 1 unspecified atom stereocenters. The van der Waals surface area contributed by atoms with Gasteiger partial charge in [0.15, 0.2) is 0 Å². The smallest absolute Gasteiger partial charge is 0.0622 e. The van der Waals surface area contributed by atoms with Crippen molar-refractivity contribution < 1.29 is 4.74 Å². The lowest BCUT2D eigenvalue weighted by Gasteiger charge is -2.18. The number of hydrogen-bond donors (Lipinski definition) is 1. The van der Waals surface area contributed by atoms with Crippen LogP contribution in [-0.4, -0.2) is 25.8 Å². The fourth-order valence-electron chi connectivity index (χ4n) is 2.17. The largest absolute Gasteiger partial charge is 0.380 e. The van der Waals surface area contributed by atoms with Gasteiger partial charge < -0.3 is 10.1 Å². The van der Waals surface area contributed by atoms with E-state index in [9.17, 15) is 0 Å². The molecule has 0 aliphatic rings. The molecule has 2 heteroatoms. The summed E-state index contributed by atoms with van der Waals surface area (Å²) in [6.07, 6.45) is 2.12. The molecule has 0 saturated carbocycles. The zero-order valence-corrected chi connectivity index (χ0v) is 12.9. The summed E-state index contributed by atoms with van der Waals surface area (Å²) in [5.74, 6) is 0.603. The number of hydrogen-bond acceptors (Lipinski definition) is 2. The third kappa shape index (κ3) is 6.22. The van der Waals surface area contributed by atoms with Crippen LogP contribution in [0.2, 0.25) is 0 Å². The monoisotopic (exact) mass is 263 g/mol. The summed E-state index contributed by atoms with van der Waals surface area (Å²) in [7, 11) is 0. The van der Waals surface area contributed by atoms with Crippen LogP contribution in [0.1, 0.15) is 51.2 Å². The molecule has 1 rings (SSSR count). The lowest BCUT2D eigenvalue weighted by Crippen LogP contribution is -2.35. The van der Waals surface area contributed by atoms with Crippen molar-refractivity contribution >= 4 is 0 Å². The number of likely N-dealkylation sites (N-methyl/N-ethyl adjacent to an activating group) is 1. The van der Waals surface area contributed by atoms with Crippen molar-refractivity contribution in [1.82, 2.24) is 5.32 Å². The standard InChI is InChI=1S/C17H29NO/c1-5-11-19-13-17(18-6-2)12-15-7-9-16(10-8-15)14(3)4/h7-10,14,17-18H,5-6,11-13H2,1-4H3. The third-order valence-electron chi connectivity index (χ3n) is 3.29. The highest BCUT2D eigenvalue weighted by molar-refractivity contribution is 5.25. The molecule has 0 spiro atoms. The van der Waals surface area contributed by atoms with Crippen LogP contribution >= 0.6 is 0 Å². The fraction of sp³-hybridized carbons (Fsp3) is 0.647. The van der Waals surface area contributed by atoms with E-state index in [1.807, 2.05) is 0 Å². The maximum atomic E-state index is 5.67. The van der Waals surface area contributed by atoms with Crippen molar-refractivity contribution in [2.75, 3.05) is 19.8 Å². The van der Waals surface area contributed by atoms with Crippen molar-refractivity contribution in [3.63, 3.8) is 0 Å². The van der Waals surface area contributed by atoms with Crippen LogP contribution in [0.5, 0.6) is 0 Å². The van der Waals surface area contributed by atoms with Gasteiger partial charge >= 0.3 is 0 Å². The molecule has 0 saturated heterocycles. The first kappa shape index (κ1) is 16.2. The van der Waals surface area contributed by atoms with Crippen LogP contribution < -0.4 is 5.32 Å². The van der Waals surface area contributed by atoms with Gasteiger partial charge in [0.1, 0.15) is 0 Å². The fourth-order valence-corrected chi connectivity index (χ4v) is 2.17. The van der Waals surface area contributed by atoms with Crippen molar-refractivity contribution in [2.24, 2.45) is 0 Å². The summed E-state index contributed by atoms with van der Waals surface area (Å²) in [4.78, 5) is 0. The van der Waals surface area contributed by atoms with Gasteiger partial charge in [-0.05, 0) is 36.4 Å². The van der Waals surface area contributed by atoms with Gasteiger partial charge in [-0.25, -0.2) is 0 Å². The predicted molar refractivity (Wildman–Crippen MR) is 82.8 cm³/mol. The summed E-state index contributed by atoms with van der Waals surface area (Å²) in [5, 5.41) is 3.50. The molecule has 19 heavy (non-hydrogen) atoms. The molecule has 0 aromatic heterocycles. The molecule has 1 aromatic carbocycles. The molecule has 0 heterocycles. The number of nitrogens with one attached hydrogen (secondary N) is 1. The quantitative estimate of drug-likeness (QED) is 0.685. The van der Waals surface area contributed by atoms with Gasteiger partial charge in [-0.2, -0.15) is 0 Å². The number of ether oxygens (including phenoxy) is 1. The maximum absolute atomic E-state index is 5.67. The van der Waals surface area contributed by atoms with Crippen LogP contribution in [0.3, 0.4) is 0 Å². The number of rotatable bonds is 9. The Labute approximate surface area is 118 Å². The molecule has 1 N–H and O–H groups in total. The van der Waals surface area contributed by atoms with Crippen LogP contribution in [0.25, 0.3) is 0 Å². The summed E-state index contributed by atoms with van der Waals surface area (Å²) in [6.45, 7) is 11.4. The van der Waals surface area contributed by atoms with Crippen molar-refractivity contribution in [2.45, 2.75) is 52.5 Å². The van der Waals surface area contributed by atoms with E-state index >= 15 is 0 Å². The Morgan fingerprint density at radius 1 is 1.11 bits per heavy atom. The molecule has 0 aliphatic carbocycles. The van der Waals surface area contributed by atoms with E-state index in [-0.39, 0.29) is 0 Å². The predicted octanol–water partition coefficient (Wildman–Crippen LogP) is 3.76. The SMILES string of the molecule is CCCOCC(Cc1ccc(C(C)C)cc1)NCC. The molecular formula is C17H29NO. The molecule has 2 nitrogen and oxygen atoms in total. The Morgan fingerprint density at radius 3 is 2.32 bits per heavy atom. The second-order valence-electron chi connectivity index (χ2n) is 5.43. The first-order valence-electron chi connectivity index (χ1n) is 7.57. The second-order valence-corrected chi connectivity index (χ2v) is 5.43. The molecular weight excluding hydrogens is 234 g/mol. The van der Waals surface area contributed by atoms with E-state index in [2.05, 4.69) is 57.3 Å². The van der Waals surface area contributed by atoms with Gasteiger partial charge in [0.2, 0.25) is 0 Å². The summed E-state index contributed by atoms with van der Waals surface area (Å²) in [5.41, 5.74) is 2.79. The second kappa shape index (κ2) is 9.11. The molecule has 0 radical (unpaired) electrons. The lowest BCUT2D eigenvalue weighted by atomic mass is 9.99. The Hall–Kier alpha value is -0.860. The van der Waals surface area contributed by atoms with E-state index < -0.39 is 0 Å². The van der Waals surface area contributed by atoms with E-state index in [0.717, 1.165) is 32.6 Å². The van der Waals surface area contributed by atoms with Crippen LogP contribution in [0, 0.1) is 0 Å². The summed E-state index contributed by atoms with van der Waals surface area (Å²) >= 11 is 0. The van der Waals surface area contributed by atoms with Crippen LogP contribution in [0.4, 0.5) is 0 Å². The first-order chi connectivity index (χ1) is 9.17. The van der Waals surface area contributed by atoms with Crippen molar-refractivity contribution in [3.8, 4) is 0 Å². The Bertz CT molecular complexity index is 332. The number of benzene rings is 1. The minimum atomic E-state index is 0.418. The lowest BCUT2D eigenvalue weighted by molar-refractivity contribution is 0.112. The van der Waals surface area contributed by atoms with Gasteiger partial charge in [0, 0.05) is 12.6 Å². The third-order valence-corrected chi connectivity index (χ3v) is 3.29. The summed E-state index contributed by atoms with van der Waals surface area (Å²) < 4.78 is 5.67. The highest BCUT2D eigenvalue weighted by Gasteiger charge is 2.09. The van der Waals surface area contributed by atoms with Gasteiger partial charge in [0.25, 0.3) is 0 Å². The van der Waals surface area contributed by atoms with E-state index in [0.29, 0.717) is 12.0 Å². The average Bonchev–Trinajstić information content (AvgIpc) is 2.40. The Balaban J connectivity index is 2.52. The molecule has 0 fully saturated rings. The van der Waals surface area contributed by atoms with Gasteiger partial charge in [-0.15, -0.1) is 0 Å². The average molecular weight is 263 g/mol. The van der Waals surface area contributed by atoms with Crippen LogP contribution in [-0.2, 0) is 11.2 Å². The zero-order chi connectivity index (χ0) is 14.1. The van der Waals surface area contributed by atoms with Gasteiger partial charge in [-0.1, -0.05) is 52.0 Å². The van der Waals surface area contributed by atoms with E-state index in [1.165, 1.54) is 11.1 Å². The highest BCUT2D eigenvalue weighted by Crippen LogP contribution is 2.15. The van der Waals surface area contributed by atoms with Gasteiger partial charge in [-0.3, -0.25) is 0 Å². The van der Waals surface area contributed by atoms with E-state index in [1.54, 1.807) is 0 Å². The zero-order valence-electron chi connectivity index (χ0n) is 12.9. The summed E-state index contributed by atoms with van der Waals surface area (Å²) in [6, 6.07) is 9.41. The molecule has 0 aliphatic heterocycles. The molecule has 108 valence electrons. The molecule has 0 amide bonds. The van der Waals surface area contributed by atoms with Gasteiger partial charge in [0.05, 0.1) is 6.61 Å². The normalized spacial score (nSPS) is 12.9. The highest BCUT2D eigenvalue weighted by atomic mass is 16.5. The Kier molecular flexibility index (Phi) is 7.76. The van der Waals surface area contributed by atoms with Crippen molar-refractivity contribution in [3.05, 3.63) is 35.4 Å². The first-order valence-corrected chi connectivity index (χ1v) is 7.57. The molecule has 0 bridgehead atoms. The van der Waals surface area contributed by atoms with Crippen LogP contribution in [0.15, 0.2) is 24.3 Å². The van der Waals surface area contributed by atoms with Crippen molar-refractivity contribution in [1.29, 1.82) is 0 Å². The molecule has 1 atom stereocenters.